The predicted octanol–water partition coefficient (Wildman–Crippen LogP) is 1.91. The molecule has 0 saturated carbocycles. The molecule has 0 fully saturated rings. The molecule has 0 aliphatic carbocycles. The van der Waals surface area contributed by atoms with Crippen molar-refractivity contribution in [1.29, 1.82) is 0 Å². The van der Waals surface area contributed by atoms with E-state index in [9.17, 15) is 0 Å². The van der Waals surface area contributed by atoms with E-state index in [0.29, 0.717) is 0 Å². The molecule has 0 aromatic heterocycles. The molecule has 1 aliphatic heterocycles. The molecule has 0 aromatic carbocycles. The summed E-state index contributed by atoms with van der Waals surface area (Å²) in [6, 6.07) is 0. The molecule has 1 heterocycles. The minimum absolute atomic E-state index is 0.259. The van der Waals surface area contributed by atoms with E-state index in [1.165, 1.54) is 5.57 Å². The van der Waals surface area contributed by atoms with Crippen molar-refractivity contribution in [3.05, 3.63) is 24.3 Å². The number of hydrogen-bond acceptors (Lipinski definition) is 1. The Morgan fingerprint density at radius 2 is 2.67 bits per heavy atom. The van der Waals surface area contributed by atoms with Gasteiger partial charge in [-0.25, -0.2) is 0 Å². The zero-order valence-electron chi connectivity index (χ0n) is 5.76. The first-order valence-electron chi connectivity index (χ1n) is 3.22. The molecular weight excluding hydrogens is 112 g/mol. The maximum Gasteiger partial charge on any atom is 0.0794 e. The smallest absolute Gasteiger partial charge is 0.0794 e. The highest BCUT2D eigenvalue weighted by atomic mass is 16.5. The Kier molecular flexibility index (Phi) is 2.06. The third-order valence-corrected chi connectivity index (χ3v) is 1.53. The lowest BCUT2D eigenvalue weighted by Gasteiger charge is -2.17. The zero-order chi connectivity index (χ0) is 6.69. The van der Waals surface area contributed by atoms with Crippen LogP contribution < -0.4 is 0 Å². The molecule has 0 radical (unpaired) electrons. The molecule has 9 heavy (non-hydrogen) atoms. The van der Waals surface area contributed by atoms with E-state index in [-0.39, 0.29) is 6.10 Å². The van der Waals surface area contributed by atoms with Crippen LogP contribution in [0.4, 0.5) is 0 Å². The summed E-state index contributed by atoms with van der Waals surface area (Å²) < 4.78 is 5.30. The summed E-state index contributed by atoms with van der Waals surface area (Å²) in [5.74, 6) is 0. The molecule has 0 spiro atoms. The Bertz CT molecular complexity index is 136. The van der Waals surface area contributed by atoms with Gasteiger partial charge in [0.15, 0.2) is 0 Å². The standard InChI is InChI=1S/C8H12O/c1-3-8-6-7(2)4-5-9-8/h3-4,8H,1,5-6H2,2H3/t8-/m1/s1. The fourth-order valence-electron chi connectivity index (χ4n) is 0.925. The second-order valence-corrected chi connectivity index (χ2v) is 2.36. The molecule has 0 N–H and O–H groups in total. The van der Waals surface area contributed by atoms with Crippen LogP contribution in [0.15, 0.2) is 24.3 Å². The molecule has 1 aliphatic rings. The van der Waals surface area contributed by atoms with Gasteiger partial charge in [0.1, 0.15) is 0 Å². The summed E-state index contributed by atoms with van der Waals surface area (Å²) in [5, 5.41) is 0. The third kappa shape index (κ3) is 1.68. The van der Waals surface area contributed by atoms with Gasteiger partial charge in [-0.1, -0.05) is 17.7 Å². The van der Waals surface area contributed by atoms with Gasteiger partial charge >= 0.3 is 0 Å². The normalized spacial score (nSPS) is 27.2. The fraction of sp³-hybridized carbons (Fsp3) is 0.500. The van der Waals surface area contributed by atoms with Crippen LogP contribution in [0.5, 0.6) is 0 Å². The molecule has 1 nitrogen and oxygen atoms in total. The van der Waals surface area contributed by atoms with Gasteiger partial charge in [-0.05, 0) is 13.3 Å². The van der Waals surface area contributed by atoms with Crippen molar-refractivity contribution in [3.63, 3.8) is 0 Å². The molecule has 0 amide bonds. The minimum atomic E-state index is 0.259. The van der Waals surface area contributed by atoms with Crippen molar-refractivity contribution < 1.29 is 4.74 Å². The molecule has 0 aromatic rings. The lowest BCUT2D eigenvalue weighted by molar-refractivity contribution is 0.0991. The van der Waals surface area contributed by atoms with Crippen LogP contribution in [0.3, 0.4) is 0 Å². The van der Waals surface area contributed by atoms with Crippen molar-refractivity contribution in [2.24, 2.45) is 0 Å². The average Bonchev–Trinajstić information content (AvgIpc) is 1.88. The zero-order valence-corrected chi connectivity index (χ0v) is 5.76. The van der Waals surface area contributed by atoms with Gasteiger partial charge in [-0.3, -0.25) is 0 Å². The van der Waals surface area contributed by atoms with Crippen molar-refractivity contribution in [1.82, 2.24) is 0 Å². The van der Waals surface area contributed by atoms with Gasteiger partial charge < -0.3 is 4.74 Å². The van der Waals surface area contributed by atoms with Gasteiger partial charge in [0.25, 0.3) is 0 Å². The van der Waals surface area contributed by atoms with E-state index in [1.54, 1.807) is 0 Å². The van der Waals surface area contributed by atoms with Crippen LogP contribution >= 0.6 is 0 Å². The highest BCUT2D eigenvalue weighted by molar-refractivity contribution is 5.06. The molecule has 1 heteroatoms. The van der Waals surface area contributed by atoms with Crippen LogP contribution in [0.25, 0.3) is 0 Å². The second kappa shape index (κ2) is 2.83. The Morgan fingerprint density at radius 3 is 3.11 bits per heavy atom. The van der Waals surface area contributed by atoms with E-state index < -0.39 is 0 Å². The van der Waals surface area contributed by atoms with Gasteiger partial charge in [0, 0.05) is 0 Å². The van der Waals surface area contributed by atoms with Crippen molar-refractivity contribution in [2.75, 3.05) is 6.61 Å². The predicted molar refractivity (Wildman–Crippen MR) is 38.3 cm³/mol. The second-order valence-electron chi connectivity index (χ2n) is 2.36. The van der Waals surface area contributed by atoms with E-state index in [0.717, 1.165) is 13.0 Å². The lowest BCUT2D eigenvalue weighted by atomic mass is 10.1. The van der Waals surface area contributed by atoms with Gasteiger partial charge in [0.2, 0.25) is 0 Å². The first kappa shape index (κ1) is 6.56. The Morgan fingerprint density at radius 1 is 1.89 bits per heavy atom. The molecule has 1 rings (SSSR count). The van der Waals surface area contributed by atoms with Crippen molar-refractivity contribution in [3.8, 4) is 0 Å². The monoisotopic (exact) mass is 124 g/mol. The summed E-state index contributed by atoms with van der Waals surface area (Å²) >= 11 is 0. The summed E-state index contributed by atoms with van der Waals surface area (Å²) in [6.45, 7) is 6.54. The summed E-state index contributed by atoms with van der Waals surface area (Å²) in [6.07, 6.45) is 5.25. The molecule has 1 atom stereocenters. The van der Waals surface area contributed by atoms with Crippen LogP contribution in [0, 0.1) is 0 Å². The molecule has 0 bridgehead atoms. The highest BCUT2D eigenvalue weighted by Gasteiger charge is 2.08. The summed E-state index contributed by atoms with van der Waals surface area (Å²) in [7, 11) is 0. The number of rotatable bonds is 1. The minimum Gasteiger partial charge on any atom is -0.370 e. The number of hydrogen-bond donors (Lipinski definition) is 0. The molecule has 0 saturated heterocycles. The lowest BCUT2D eigenvalue weighted by Crippen LogP contribution is -2.14. The van der Waals surface area contributed by atoms with E-state index in [4.69, 9.17) is 4.74 Å². The van der Waals surface area contributed by atoms with Crippen molar-refractivity contribution in [2.45, 2.75) is 19.4 Å². The summed E-state index contributed by atoms with van der Waals surface area (Å²) in [4.78, 5) is 0. The van der Waals surface area contributed by atoms with Crippen LogP contribution in [0.2, 0.25) is 0 Å². The van der Waals surface area contributed by atoms with E-state index in [2.05, 4.69) is 19.6 Å². The summed E-state index contributed by atoms with van der Waals surface area (Å²) in [5.41, 5.74) is 1.41. The number of ether oxygens (including phenoxy) is 1. The van der Waals surface area contributed by atoms with Gasteiger partial charge in [-0.15, -0.1) is 6.58 Å². The van der Waals surface area contributed by atoms with E-state index >= 15 is 0 Å². The van der Waals surface area contributed by atoms with Crippen LogP contribution in [-0.2, 0) is 4.74 Å². The highest BCUT2D eigenvalue weighted by Crippen LogP contribution is 2.13. The Labute approximate surface area is 56.0 Å². The maximum absolute atomic E-state index is 5.30. The maximum atomic E-state index is 5.30. The Balaban J connectivity index is 2.48. The van der Waals surface area contributed by atoms with E-state index in [1.807, 2.05) is 6.08 Å². The average molecular weight is 124 g/mol. The van der Waals surface area contributed by atoms with Crippen LogP contribution in [0.1, 0.15) is 13.3 Å². The fourth-order valence-corrected chi connectivity index (χ4v) is 0.925. The first-order valence-corrected chi connectivity index (χ1v) is 3.22. The molecular formula is C8H12O. The van der Waals surface area contributed by atoms with Crippen molar-refractivity contribution >= 4 is 0 Å². The molecule has 50 valence electrons. The first-order chi connectivity index (χ1) is 4.33. The van der Waals surface area contributed by atoms with Crippen LogP contribution in [-0.4, -0.2) is 12.7 Å². The largest absolute Gasteiger partial charge is 0.370 e. The quantitative estimate of drug-likeness (QED) is 0.485. The van der Waals surface area contributed by atoms with Gasteiger partial charge in [-0.2, -0.15) is 0 Å². The Hall–Kier alpha value is -0.560. The SMILES string of the molecule is C=C[C@@H]1CC(C)=CCO1. The molecule has 0 unspecified atom stereocenters. The van der Waals surface area contributed by atoms with Gasteiger partial charge in [0.05, 0.1) is 12.7 Å². The topological polar surface area (TPSA) is 9.23 Å². The third-order valence-electron chi connectivity index (χ3n) is 1.53.